The van der Waals surface area contributed by atoms with E-state index in [1.165, 1.54) is 10.9 Å². The zero-order valence-corrected chi connectivity index (χ0v) is 9.92. The number of carbonyl (C=O) groups is 1. The van der Waals surface area contributed by atoms with Crippen LogP contribution in [0.2, 0.25) is 0 Å². The molecule has 18 heavy (non-hydrogen) atoms. The molecule has 0 radical (unpaired) electrons. The van der Waals surface area contributed by atoms with Gasteiger partial charge in [-0.3, -0.25) is 14.2 Å². The van der Waals surface area contributed by atoms with Crippen LogP contribution in [0.5, 0.6) is 0 Å². The molecule has 1 aromatic heterocycles. The number of nitrogens with zero attached hydrogens (tertiary/aromatic N) is 2. The zero-order chi connectivity index (χ0) is 13.1. The van der Waals surface area contributed by atoms with Crippen molar-refractivity contribution in [2.24, 2.45) is 0 Å². The predicted molar refractivity (Wildman–Crippen MR) is 67.0 cm³/mol. The molecule has 0 atom stereocenters. The quantitative estimate of drug-likeness (QED) is 0.632. The predicted octanol–water partition coefficient (Wildman–Crippen LogP) is 0.542. The van der Waals surface area contributed by atoms with Gasteiger partial charge in [0.2, 0.25) is 0 Å². The first-order valence-electron chi connectivity index (χ1n) is 5.52. The number of esters is 1. The van der Waals surface area contributed by atoms with E-state index >= 15 is 0 Å². The molecule has 0 aliphatic rings. The van der Waals surface area contributed by atoms with Gasteiger partial charge in [0.25, 0.3) is 5.56 Å². The van der Waals surface area contributed by atoms with Crippen LogP contribution in [0.1, 0.15) is 6.92 Å². The molecule has 0 unspecified atom stereocenters. The fourth-order valence-electron chi connectivity index (χ4n) is 1.63. The fourth-order valence-corrected chi connectivity index (χ4v) is 1.63. The summed E-state index contributed by atoms with van der Waals surface area (Å²) in [5.74, 6) is -0.468. The van der Waals surface area contributed by atoms with Crippen molar-refractivity contribution in [2.75, 3.05) is 12.3 Å². The van der Waals surface area contributed by atoms with Crippen LogP contribution in [0.4, 0.5) is 5.69 Å². The smallest absolute Gasteiger partial charge is 0.326 e. The lowest BCUT2D eigenvalue weighted by Crippen LogP contribution is -2.25. The molecule has 0 aliphatic heterocycles. The second-order valence-corrected chi connectivity index (χ2v) is 3.76. The Kier molecular flexibility index (Phi) is 3.27. The summed E-state index contributed by atoms with van der Waals surface area (Å²) in [7, 11) is 0. The maximum absolute atomic E-state index is 12.1. The molecule has 0 saturated carbocycles. The Morgan fingerprint density at radius 2 is 2.28 bits per heavy atom. The molecule has 6 heteroatoms. The first kappa shape index (κ1) is 12.1. The Labute approximate surface area is 103 Å². The van der Waals surface area contributed by atoms with Crippen LogP contribution >= 0.6 is 0 Å². The second kappa shape index (κ2) is 4.87. The molecular formula is C12H13N3O3. The van der Waals surface area contributed by atoms with Crippen molar-refractivity contribution in [3.8, 4) is 0 Å². The van der Waals surface area contributed by atoms with Crippen LogP contribution in [0.3, 0.4) is 0 Å². The van der Waals surface area contributed by atoms with E-state index < -0.39 is 5.97 Å². The zero-order valence-electron chi connectivity index (χ0n) is 9.92. The number of anilines is 1. The summed E-state index contributed by atoms with van der Waals surface area (Å²) in [6.07, 6.45) is 1.33. The lowest BCUT2D eigenvalue weighted by atomic mass is 10.2. The fraction of sp³-hybridized carbons (Fsp3) is 0.250. The number of hydrogen-bond donors (Lipinski definition) is 1. The van der Waals surface area contributed by atoms with Crippen molar-refractivity contribution < 1.29 is 9.53 Å². The van der Waals surface area contributed by atoms with Gasteiger partial charge in [-0.2, -0.15) is 0 Å². The summed E-state index contributed by atoms with van der Waals surface area (Å²) < 4.78 is 5.99. The highest BCUT2D eigenvalue weighted by atomic mass is 16.5. The average molecular weight is 247 g/mol. The van der Waals surface area contributed by atoms with Gasteiger partial charge < -0.3 is 10.5 Å². The van der Waals surface area contributed by atoms with Crippen molar-refractivity contribution in [1.29, 1.82) is 0 Å². The molecule has 94 valence electrons. The minimum Gasteiger partial charge on any atom is -0.465 e. The van der Waals surface area contributed by atoms with E-state index in [2.05, 4.69) is 4.98 Å². The van der Waals surface area contributed by atoms with E-state index in [9.17, 15) is 9.59 Å². The van der Waals surface area contributed by atoms with Gasteiger partial charge in [-0.25, -0.2) is 4.98 Å². The van der Waals surface area contributed by atoms with Crippen molar-refractivity contribution in [3.63, 3.8) is 0 Å². The first-order chi connectivity index (χ1) is 8.61. The maximum Gasteiger partial charge on any atom is 0.326 e. The number of nitrogen functional groups attached to an aromatic ring is 1. The van der Waals surface area contributed by atoms with Gasteiger partial charge >= 0.3 is 5.97 Å². The van der Waals surface area contributed by atoms with Crippen LogP contribution < -0.4 is 11.3 Å². The third-order valence-corrected chi connectivity index (χ3v) is 2.45. The van der Waals surface area contributed by atoms with Gasteiger partial charge in [-0.1, -0.05) is 0 Å². The first-order valence-corrected chi connectivity index (χ1v) is 5.52. The SMILES string of the molecule is CCOC(=O)Cn1cnc2ccc(N)cc2c1=O. The number of hydrogen-bond acceptors (Lipinski definition) is 5. The molecule has 0 fully saturated rings. The van der Waals surface area contributed by atoms with Crippen molar-refractivity contribution in [1.82, 2.24) is 9.55 Å². The normalized spacial score (nSPS) is 10.5. The number of benzene rings is 1. The van der Waals surface area contributed by atoms with Crippen molar-refractivity contribution in [2.45, 2.75) is 13.5 Å². The highest BCUT2D eigenvalue weighted by molar-refractivity contribution is 5.81. The molecule has 1 aromatic carbocycles. The summed E-state index contributed by atoms with van der Waals surface area (Å²) in [6.45, 7) is 1.84. The van der Waals surface area contributed by atoms with Gasteiger partial charge in [0, 0.05) is 5.69 Å². The number of aromatic nitrogens is 2. The molecule has 0 aliphatic carbocycles. The Balaban J connectivity index is 2.44. The highest BCUT2D eigenvalue weighted by Crippen LogP contribution is 2.10. The van der Waals surface area contributed by atoms with Gasteiger partial charge in [0.05, 0.1) is 23.8 Å². The van der Waals surface area contributed by atoms with Crippen LogP contribution in [0.15, 0.2) is 29.3 Å². The Morgan fingerprint density at radius 1 is 1.50 bits per heavy atom. The number of carbonyl (C=O) groups excluding carboxylic acids is 1. The number of fused-ring (bicyclic) bond motifs is 1. The van der Waals surface area contributed by atoms with Gasteiger partial charge in [0.15, 0.2) is 0 Å². The van der Waals surface area contributed by atoms with Crippen LogP contribution in [-0.4, -0.2) is 22.1 Å². The van der Waals surface area contributed by atoms with Gasteiger partial charge in [-0.05, 0) is 25.1 Å². The van der Waals surface area contributed by atoms with Gasteiger partial charge in [0.1, 0.15) is 6.54 Å². The number of ether oxygens (including phenoxy) is 1. The average Bonchev–Trinajstić information content (AvgIpc) is 2.34. The third-order valence-electron chi connectivity index (χ3n) is 2.45. The Morgan fingerprint density at radius 3 is 3.00 bits per heavy atom. The monoisotopic (exact) mass is 247 g/mol. The summed E-state index contributed by atoms with van der Waals surface area (Å²) >= 11 is 0. The van der Waals surface area contributed by atoms with Crippen LogP contribution in [0.25, 0.3) is 10.9 Å². The molecule has 0 bridgehead atoms. The molecule has 0 spiro atoms. The minimum absolute atomic E-state index is 0.148. The highest BCUT2D eigenvalue weighted by Gasteiger charge is 2.08. The summed E-state index contributed by atoms with van der Waals surface area (Å²) in [5, 5.41) is 0.391. The lowest BCUT2D eigenvalue weighted by Gasteiger charge is -2.06. The summed E-state index contributed by atoms with van der Waals surface area (Å²) in [5.41, 5.74) is 6.35. The standard InChI is InChI=1S/C12H13N3O3/c1-2-18-11(16)6-15-7-14-10-4-3-8(13)5-9(10)12(15)17/h3-5,7H,2,6,13H2,1H3. The number of rotatable bonds is 3. The Hall–Kier alpha value is -2.37. The van der Waals surface area contributed by atoms with Crippen LogP contribution in [0, 0.1) is 0 Å². The van der Waals surface area contributed by atoms with E-state index in [1.807, 2.05) is 0 Å². The van der Waals surface area contributed by atoms with Crippen LogP contribution in [-0.2, 0) is 16.1 Å². The molecule has 6 nitrogen and oxygen atoms in total. The molecule has 0 amide bonds. The number of nitrogens with two attached hydrogens (primary N) is 1. The molecule has 1 heterocycles. The van der Waals surface area contributed by atoms with Crippen molar-refractivity contribution in [3.05, 3.63) is 34.9 Å². The third kappa shape index (κ3) is 2.32. The maximum atomic E-state index is 12.1. The topological polar surface area (TPSA) is 87.2 Å². The molecule has 0 saturated heterocycles. The van der Waals surface area contributed by atoms with E-state index in [-0.39, 0.29) is 18.7 Å². The minimum atomic E-state index is -0.468. The van der Waals surface area contributed by atoms with Crippen molar-refractivity contribution >= 4 is 22.6 Å². The molecule has 2 N–H and O–H groups in total. The lowest BCUT2D eigenvalue weighted by molar-refractivity contribution is -0.143. The van der Waals surface area contributed by atoms with Gasteiger partial charge in [-0.15, -0.1) is 0 Å². The Bertz CT molecular complexity index is 649. The van der Waals surface area contributed by atoms with E-state index in [0.29, 0.717) is 16.6 Å². The molecular weight excluding hydrogens is 234 g/mol. The van der Waals surface area contributed by atoms with E-state index in [4.69, 9.17) is 10.5 Å². The second-order valence-electron chi connectivity index (χ2n) is 3.76. The molecule has 2 aromatic rings. The molecule has 2 rings (SSSR count). The summed E-state index contributed by atoms with van der Waals surface area (Å²) in [6, 6.07) is 4.89. The largest absolute Gasteiger partial charge is 0.465 e. The van der Waals surface area contributed by atoms with E-state index in [0.717, 1.165) is 0 Å². The van der Waals surface area contributed by atoms with E-state index in [1.54, 1.807) is 25.1 Å². The summed E-state index contributed by atoms with van der Waals surface area (Å²) in [4.78, 5) is 27.5.